The summed E-state index contributed by atoms with van der Waals surface area (Å²) >= 11 is 0.827. The molecule has 1 aliphatic rings. The third-order valence-electron chi connectivity index (χ3n) is 4.61. The quantitative estimate of drug-likeness (QED) is 0.525. The number of aromatic amines is 1. The Morgan fingerprint density at radius 3 is 2.35 bits per heavy atom. The lowest BCUT2D eigenvalue weighted by Crippen LogP contribution is -2.62. The van der Waals surface area contributed by atoms with Crippen molar-refractivity contribution in [2.45, 2.75) is 11.7 Å². The minimum absolute atomic E-state index is 0.123. The molecular formula is C18H10F4N4O4S. The van der Waals surface area contributed by atoms with Crippen LogP contribution in [-0.2, 0) is 10.3 Å². The summed E-state index contributed by atoms with van der Waals surface area (Å²) in [7, 11) is 0. The van der Waals surface area contributed by atoms with Crippen molar-refractivity contribution < 1.29 is 27.2 Å². The highest BCUT2D eigenvalue weighted by Crippen LogP contribution is 2.45. The second kappa shape index (κ2) is 6.91. The van der Waals surface area contributed by atoms with Crippen LogP contribution in [-0.4, -0.2) is 27.5 Å². The number of thiophene rings is 1. The SMILES string of the molecule is O=C(N[C@@]1(C(F)(F)F)C(=O)Nc2c1c(=O)[nH]c(=O)n2-c1ccc(F)cc1)c1cccs1. The Bertz CT molecular complexity index is 1310. The summed E-state index contributed by atoms with van der Waals surface area (Å²) in [5.74, 6) is -4.48. The predicted octanol–water partition coefficient (Wildman–Crippen LogP) is 1.87. The molecule has 31 heavy (non-hydrogen) atoms. The van der Waals surface area contributed by atoms with Crippen molar-refractivity contribution in [2.75, 3.05) is 5.32 Å². The lowest BCUT2D eigenvalue weighted by molar-refractivity contribution is -0.196. The highest BCUT2D eigenvalue weighted by atomic mass is 32.1. The first-order valence-electron chi connectivity index (χ1n) is 8.46. The maximum absolute atomic E-state index is 14.3. The van der Waals surface area contributed by atoms with Gasteiger partial charge in [0.05, 0.1) is 10.6 Å². The van der Waals surface area contributed by atoms with E-state index < -0.39 is 52.0 Å². The number of amides is 2. The molecule has 13 heteroatoms. The van der Waals surface area contributed by atoms with Crippen LogP contribution in [0.15, 0.2) is 51.4 Å². The number of carbonyl (C=O) groups is 2. The molecule has 0 fully saturated rings. The summed E-state index contributed by atoms with van der Waals surface area (Å²) in [5.41, 5.74) is -7.77. The number of rotatable bonds is 3. The summed E-state index contributed by atoms with van der Waals surface area (Å²) in [6, 6.07) is 6.67. The van der Waals surface area contributed by atoms with Gasteiger partial charge in [-0.05, 0) is 35.7 Å². The summed E-state index contributed by atoms with van der Waals surface area (Å²) in [6.07, 6.45) is -5.45. The van der Waals surface area contributed by atoms with E-state index in [0.29, 0.717) is 4.57 Å². The third kappa shape index (κ3) is 3.04. The number of H-pyrrole nitrogens is 1. The van der Waals surface area contributed by atoms with Crippen molar-refractivity contribution in [2.24, 2.45) is 0 Å². The lowest BCUT2D eigenvalue weighted by atomic mass is 9.91. The molecule has 1 aliphatic heterocycles. The van der Waals surface area contributed by atoms with Gasteiger partial charge in [-0.25, -0.2) is 13.8 Å². The topological polar surface area (TPSA) is 113 Å². The number of carbonyl (C=O) groups excluding carboxylic acids is 2. The monoisotopic (exact) mass is 454 g/mol. The molecular weight excluding hydrogens is 444 g/mol. The van der Waals surface area contributed by atoms with Crippen LogP contribution >= 0.6 is 11.3 Å². The molecule has 2 aromatic heterocycles. The van der Waals surface area contributed by atoms with E-state index in [0.717, 1.165) is 35.6 Å². The highest BCUT2D eigenvalue weighted by Gasteiger charge is 2.68. The highest BCUT2D eigenvalue weighted by molar-refractivity contribution is 7.12. The van der Waals surface area contributed by atoms with Crippen molar-refractivity contribution in [1.82, 2.24) is 14.9 Å². The summed E-state index contributed by atoms with van der Waals surface area (Å²) in [6.45, 7) is 0. The van der Waals surface area contributed by atoms with Gasteiger partial charge in [0.2, 0.25) is 0 Å². The Morgan fingerprint density at radius 1 is 1.10 bits per heavy atom. The zero-order valence-corrected chi connectivity index (χ0v) is 15.9. The van der Waals surface area contributed by atoms with Gasteiger partial charge in [-0.2, -0.15) is 13.2 Å². The number of halogens is 4. The molecule has 8 nitrogen and oxygen atoms in total. The number of nitrogens with zero attached hydrogens (tertiary/aromatic N) is 1. The second-order valence-corrected chi connectivity index (χ2v) is 7.38. The Labute approximate surface area is 173 Å². The molecule has 0 unspecified atom stereocenters. The van der Waals surface area contributed by atoms with Gasteiger partial charge in [-0.15, -0.1) is 11.3 Å². The Hall–Kier alpha value is -3.74. The fourth-order valence-corrected chi connectivity index (χ4v) is 3.87. The van der Waals surface area contributed by atoms with E-state index in [9.17, 15) is 36.7 Å². The first kappa shape index (κ1) is 20.5. The Balaban J connectivity index is 2.00. The van der Waals surface area contributed by atoms with Crippen LogP contribution < -0.4 is 21.9 Å². The number of hydrogen-bond acceptors (Lipinski definition) is 5. The van der Waals surface area contributed by atoms with Crippen LogP contribution in [0.5, 0.6) is 0 Å². The van der Waals surface area contributed by atoms with Crippen molar-refractivity contribution in [3.8, 4) is 5.69 Å². The number of nitrogens with one attached hydrogen (secondary N) is 3. The minimum atomic E-state index is -5.45. The normalized spacial score (nSPS) is 17.9. The molecule has 1 aromatic carbocycles. The molecule has 3 heterocycles. The van der Waals surface area contributed by atoms with Crippen LogP contribution in [0.25, 0.3) is 5.69 Å². The molecule has 2 amide bonds. The van der Waals surface area contributed by atoms with Gasteiger partial charge in [0.1, 0.15) is 17.2 Å². The van der Waals surface area contributed by atoms with Gasteiger partial charge in [-0.3, -0.25) is 19.4 Å². The van der Waals surface area contributed by atoms with Crippen molar-refractivity contribution in [1.29, 1.82) is 0 Å². The maximum Gasteiger partial charge on any atom is 0.425 e. The van der Waals surface area contributed by atoms with Crippen LogP contribution in [0.2, 0.25) is 0 Å². The first-order valence-corrected chi connectivity index (χ1v) is 9.34. The van der Waals surface area contributed by atoms with E-state index in [1.165, 1.54) is 17.5 Å². The summed E-state index contributed by atoms with van der Waals surface area (Å²) in [4.78, 5) is 51.5. The number of hydrogen-bond donors (Lipinski definition) is 3. The predicted molar refractivity (Wildman–Crippen MR) is 101 cm³/mol. The van der Waals surface area contributed by atoms with Gasteiger partial charge in [0.25, 0.3) is 22.9 Å². The molecule has 3 N–H and O–H groups in total. The number of aromatic nitrogens is 2. The molecule has 0 radical (unpaired) electrons. The second-order valence-electron chi connectivity index (χ2n) is 6.43. The third-order valence-corrected chi connectivity index (χ3v) is 5.48. The number of fused-ring (bicyclic) bond motifs is 1. The van der Waals surface area contributed by atoms with E-state index in [2.05, 4.69) is 0 Å². The van der Waals surface area contributed by atoms with Gasteiger partial charge in [0.15, 0.2) is 0 Å². The first-order chi connectivity index (χ1) is 14.6. The molecule has 1 atom stereocenters. The van der Waals surface area contributed by atoms with E-state index in [1.54, 1.807) is 10.3 Å². The smallest absolute Gasteiger partial charge is 0.326 e. The minimum Gasteiger partial charge on any atom is -0.326 e. The number of anilines is 1. The van der Waals surface area contributed by atoms with Gasteiger partial charge in [-0.1, -0.05) is 6.07 Å². The molecule has 0 saturated heterocycles. The van der Waals surface area contributed by atoms with Crippen molar-refractivity contribution >= 4 is 29.0 Å². The average molecular weight is 454 g/mol. The maximum atomic E-state index is 14.3. The number of alkyl halides is 3. The molecule has 0 saturated carbocycles. The molecule has 0 bridgehead atoms. The van der Waals surface area contributed by atoms with Crippen molar-refractivity contribution in [3.63, 3.8) is 0 Å². The Kier molecular flexibility index (Phi) is 4.57. The average Bonchev–Trinajstić information content (AvgIpc) is 3.30. The van der Waals surface area contributed by atoms with E-state index in [4.69, 9.17) is 0 Å². The molecule has 3 aromatic rings. The zero-order chi connectivity index (χ0) is 22.6. The van der Waals surface area contributed by atoms with Crippen LogP contribution in [0.3, 0.4) is 0 Å². The van der Waals surface area contributed by atoms with Gasteiger partial charge >= 0.3 is 11.9 Å². The van der Waals surface area contributed by atoms with E-state index >= 15 is 0 Å². The van der Waals surface area contributed by atoms with Crippen LogP contribution in [0.1, 0.15) is 15.2 Å². The molecule has 4 rings (SSSR count). The fraction of sp³-hybridized carbons (Fsp3) is 0.111. The lowest BCUT2D eigenvalue weighted by Gasteiger charge is -2.29. The Morgan fingerprint density at radius 2 is 1.77 bits per heavy atom. The largest absolute Gasteiger partial charge is 0.425 e. The van der Waals surface area contributed by atoms with E-state index in [1.807, 2.05) is 5.32 Å². The van der Waals surface area contributed by atoms with Gasteiger partial charge < -0.3 is 10.6 Å². The standard InChI is InChI=1S/C18H10F4N4O4S/c19-8-3-5-9(6-4-8)26-12-11(14(28)24-16(26)30)17(15(29)23-12,18(20,21)22)25-13(27)10-2-1-7-31-10/h1-7H,(H,23,29)(H,25,27)(H,24,28,30)/t17-/m1/s1. The van der Waals surface area contributed by atoms with Crippen LogP contribution in [0.4, 0.5) is 23.4 Å². The van der Waals surface area contributed by atoms with Gasteiger partial charge in [0, 0.05) is 0 Å². The molecule has 0 aliphatic carbocycles. The van der Waals surface area contributed by atoms with Crippen LogP contribution in [0, 0.1) is 5.82 Å². The molecule has 160 valence electrons. The summed E-state index contributed by atoms with van der Waals surface area (Å²) < 4.78 is 56.6. The fourth-order valence-electron chi connectivity index (χ4n) is 3.25. The van der Waals surface area contributed by atoms with Crippen molar-refractivity contribution in [3.05, 3.63) is 78.9 Å². The number of benzene rings is 1. The zero-order valence-electron chi connectivity index (χ0n) is 15.0. The summed E-state index contributed by atoms with van der Waals surface area (Å²) in [5, 5.41) is 4.96. The molecule has 0 spiro atoms. The van der Waals surface area contributed by atoms with E-state index in [-0.39, 0.29) is 10.6 Å².